The highest BCUT2D eigenvalue weighted by Crippen LogP contribution is 2.50. The molecule has 4 heteroatoms. The van der Waals surface area contributed by atoms with Crippen LogP contribution < -0.4 is 4.90 Å². The van der Waals surface area contributed by atoms with Crippen molar-refractivity contribution in [2.24, 2.45) is 5.41 Å². The van der Waals surface area contributed by atoms with E-state index in [4.69, 9.17) is 0 Å². The van der Waals surface area contributed by atoms with Gasteiger partial charge in [-0.15, -0.1) is 11.8 Å². The first-order chi connectivity index (χ1) is 13.4. The van der Waals surface area contributed by atoms with Crippen LogP contribution >= 0.6 is 11.8 Å². The summed E-state index contributed by atoms with van der Waals surface area (Å²) in [7, 11) is 4.20. The molecule has 0 bridgehead atoms. The lowest BCUT2D eigenvalue weighted by molar-refractivity contribution is -0.786. The number of halogens is 1. The Hall–Kier alpha value is -1.36. The number of thioether (sulfide) groups is 1. The SMILES string of the molecule is CCCCC1(CC)CSc2ccc(F)cc2[C@@H](c2ccc([NH+](C)C)cc2)[C@H]1O. The van der Waals surface area contributed by atoms with Crippen molar-refractivity contribution >= 4 is 17.4 Å². The third kappa shape index (κ3) is 4.14. The summed E-state index contributed by atoms with van der Waals surface area (Å²) in [5.41, 5.74) is 3.04. The van der Waals surface area contributed by atoms with Gasteiger partial charge in [-0.3, -0.25) is 0 Å². The molecule has 1 unspecified atom stereocenters. The number of rotatable bonds is 6. The monoisotopic (exact) mass is 402 g/mol. The first-order valence-electron chi connectivity index (χ1n) is 10.4. The maximum Gasteiger partial charge on any atom is 0.130 e. The number of aliphatic hydroxyl groups excluding tert-OH is 1. The molecule has 0 saturated heterocycles. The fourth-order valence-corrected chi connectivity index (χ4v) is 5.83. The first-order valence-corrected chi connectivity index (χ1v) is 11.4. The highest BCUT2D eigenvalue weighted by Gasteiger charge is 2.44. The second-order valence-electron chi connectivity index (χ2n) is 8.33. The molecule has 1 aliphatic heterocycles. The van der Waals surface area contributed by atoms with Gasteiger partial charge in [0.25, 0.3) is 0 Å². The molecule has 0 fully saturated rings. The van der Waals surface area contributed by atoms with E-state index in [9.17, 15) is 9.50 Å². The predicted octanol–water partition coefficient (Wildman–Crippen LogP) is 4.79. The summed E-state index contributed by atoms with van der Waals surface area (Å²) in [5, 5.41) is 11.7. The average molecular weight is 403 g/mol. The summed E-state index contributed by atoms with van der Waals surface area (Å²) >= 11 is 1.78. The number of aliphatic hydroxyl groups is 1. The van der Waals surface area contributed by atoms with Crippen LogP contribution in [0.5, 0.6) is 0 Å². The minimum atomic E-state index is -0.530. The van der Waals surface area contributed by atoms with E-state index in [0.29, 0.717) is 0 Å². The lowest BCUT2D eigenvalue weighted by Crippen LogP contribution is -3.00. The van der Waals surface area contributed by atoms with E-state index >= 15 is 0 Å². The number of benzene rings is 2. The van der Waals surface area contributed by atoms with Gasteiger partial charge in [-0.25, -0.2) is 4.39 Å². The second kappa shape index (κ2) is 8.98. The molecular weight excluding hydrogens is 369 g/mol. The van der Waals surface area contributed by atoms with Gasteiger partial charge in [0.2, 0.25) is 0 Å². The summed E-state index contributed by atoms with van der Waals surface area (Å²) in [6.07, 6.45) is 3.62. The molecule has 0 spiro atoms. The molecule has 1 aliphatic rings. The zero-order valence-electron chi connectivity index (χ0n) is 17.5. The zero-order valence-corrected chi connectivity index (χ0v) is 18.3. The van der Waals surface area contributed by atoms with Gasteiger partial charge < -0.3 is 10.0 Å². The van der Waals surface area contributed by atoms with E-state index in [1.807, 2.05) is 6.07 Å². The Balaban J connectivity index is 2.11. The van der Waals surface area contributed by atoms with Gasteiger partial charge in [0.05, 0.1) is 20.2 Å². The van der Waals surface area contributed by atoms with Crippen LogP contribution in [-0.2, 0) is 0 Å². The molecule has 2 aromatic carbocycles. The van der Waals surface area contributed by atoms with Crippen LogP contribution in [0, 0.1) is 11.2 Å². The van der Waals surface area contributed by atoms with Crippen LogP contribution in [0.15, 0.2) is 47.4 Å². The second-order valence-corrected chi connectivity index (χ2v) is 9.35. The maximum atomic E-state index is 14.2. The van der Waals surface area contributed by atoms with E-state index in [1.54, 1.807) is 23.9 Å². The fraction of sp³-hybridized carbons (Fsp3) is 0.500. The van der Waals surface area contributed by atoms with E-state index < -0.39 is 6.10 Å². The lowest BCUT2D eigenvalue weighted by atomic mass is 9.69. The van der Waals surface area contributed by atoms with Crippen molar-refractivity contribution in [1.82, 2.24) is 0 Å². The quantitative estimate of drug-likeness (QED) is 0.726. The van der Waals surface area contributed by atoms with Crippen molar-refractivity contribution in [2.75, 3.05) is 19.8 Å². The van der Waals surface area contributed by atoms with Crippen LogP contribution in [-0.4, -0.2) is 31.1 Å². The molecular formula is C24H33FNOS+. The molecule has 0 amide bonds. The summed E-state index contributed by atoms with van der Waals surface area (Å²) in [6.45, 7) is 4.38. The van der Waals surface area contributed by atoms with Gasteiger partial charge in [0.1, 0.15) is 11.5 Å². The van der Waals surface area contributed by atoms with Gasteiger partial charge in [-0.2, -0.15) is 0 Å². The standard InChI is InChI=1S/C24H32FNOS/c1-5-7-14-24(6-2)16-28-21-13-10-18(25)15-20(21)22(23(24)27)17-8-11-19(12-9-17)26(3)4/h8-13,15,22-23,27H,5-7,14,16H2,1-4H3/p+1/t22-,23-,24?/m1/s1. The third-order valence-corrected chi connectivity index (χ3v) is 7.75. The molecule has 2 N–H and O–H groups in total. The smallest absolute Gasteiger partial charge is 0.130 e. The number of unbranched alkanes of at least 4 members (excludes halogenated alkanes) is 1. The molecule has 28 heavy (non-hydrogen) atoms. The van der Waals surface area contributed by atoms with Gasteiger partial charge in [0.15, 0.2) is 0 Å². The highest BCUT2D eigenvalue weighted by atomic mass is 32.2. The predicted molar refractivity (Wildman–Crippen MR) is 116 cm³/mol. The van der Waals surface area contributed by atoms with Crippen LogP contribution in [0.2, 0.25) is 0 Å². The molecule has 3 rings (SSSR count). The topological polar surface area (TPSA) is 24.7 Å². The van der Waals surface area contributed by atoms with Crippen LogP contribution in [0.25, 0.3) is 0 Å². The van der Waals surface area contributed by atoms with Gasteiger partial charge in [-0.05, 0) is 54.3 Å². The van der Waals surface area contributed by atoms with Crippen molar-refractivity contribution in [3.63, 3.8) is 0 Å². The summed E-state index contributed by atoms with van der Waals surface area (Å²) in [6, 6.07) is 13.5. The molecule has 1 heterocycles. The third-order valence-electron chi connectivity index (χ3n) is 6.34. The summed E-state index contributed by atoms with van der Waals surface area (Å²) in [5.74, 6) is 0.437. The number of nitrogens with one attached hydrogen (secondary N) is 1. The summed E-state index contributed by atoms with van der Waals surface area (Å²) < 4.78 is 14.2. The zero-order chi connectivity index (χ0) is 20.3. The normalized spacial score (nSPS) is 24.8. The van der Waals surface area contributed by atoms with Crippen LogP contribution in [0.3, 0.4) is 0 Å². The van der Waals surface area contributed by atoms with Crippen molar-refractivity contribution < 1.29 is 14.4 Å². The Morgan fingerprint density at radius 1 is 1.14 bits per heavy atom. The molecule has 152 valence electrons. The molecule has 2 nitrogen and oxygen atoms in total. The molecule has 0 saturated carbocycles. The molecule has 0 aliphatic carbocycles. The molecule has 0 radical (unpaired) electrons. The number of hydrogen-bond donors (Lipinski definition) is 2. The van der Waals surface area contributed by atoms with Gasteiger partial charge in [-0.1, -0.05) is 38.8 Å². The van der Waals surface area contributed by atoms with Crippen molar-refractivity contribution in [1.29, 1.82) is 0 Å². The highest BCUT2D eigenvalue weighted by molar-refractivity contribution is 7.99. The Morgan fingerprint density at radius 3 is 2.46 bits per heavy atom. The first kappa shape index (κ1) is 21.4. The van der Waals surface area contributed by atoms with E-state index in [1.165, 1.54) is 10.6 Å². The van der Waals surface area contributed by atoms with E-state index in [0.717, 1.165) is 47.5 Å². The minimum Gasteiger partial charge on any atom is -0.392 e. The lowest BCUT2D eigenvalue weighted by Gasteiger charge is -2.39. The van der Waals surface area contributed by atoms with Gasteiger partial charge in [0, 0.05) is 22.0 Å². The van der Waals surface area contributed by atoms with Crippen molar-refractivity contribution in [3.8, 4) is 0 Å². The van der Waals surface area contributed by atoms with Crippen LogP contribution in [0.1, 0.15) is 56.6 Å². The van der Waals surface area contributed by atoms with Crippen molar-refractivity contribution in [2.45, 2.75) is 56.4 Å². The van der Waals surface area contributed by atoms with E-state index in [2.05, 4.69) is 52.2 Å². The largest absolute Gasteiger partial charge is 0.392 e. The Bertz CT molecular complexity index is 792. The minimum absolute atomic E-state index is 0.160. The van der Waals surface area contributed by atoms with Crippen molar-refractivity contribution in [3.05, 3.63) is 59.4 Å². The number of quaternary nitrogens is 1. The number of hydrogen-bond acceptors (Lipinski definition) is 2. The fourth-order valence-electron chi connectivity index (χ4n) is 4.35. The summed E-state index contributed by atoms with van der Waals surface area (Å²) in [4.78, 5) is 2.36. The van der Waals surface area contributed by atoms with E-state index in [-0.39, 0.29) is 17.2 Å². The number of fused-ring (bicyclic) bond motifs is 1. The average Bonchev–Trinajstić information content (AvgIpc) is 2.81. The molecule has 2 aromatic rings. The Labute approximate surface area is 173 Å². The Morgan fingerprint density at radius 2 is 1.86 bits per heavy atom. The van der Waals surface area contributed by atoms with Crippen LogP contribution in [0.4, 0.5) is 10.1 Å². The maximum absolute atomic E-state index is 14.2. The molecule has 3 atom stereocenters. The van der Waals surface area contributed by atoms with Gasteiger partial charge >= 0.3 is 0 Å². The Kier molecular flexibility index (Phi) is 6.85. The molecule has 0 aromatic heterocycles.